The third kappa shape index (κ3) is 5.31. The molecule has 1 aromatic carbocycles. The number of hydroxylamine groups is 1. The Labute approximate surface area is 142 Å². The zero-order valence-electron chi connectivity index (χ0n) is 13.0. The molecule has 1 saturated heterocycles. The SMILES string of the molecule is O=C(CS(=O)(=O)N1CCC(Oc2ccc(C(F)(F)F)cc2)CC1)NO. The second-order valence-corrected chi connectivity index (χ2v) is 7.50. The minimum absolute atomic E-state index is 0.117. The molecule has 2 rings (SSSR count). The van der Waals surface area contributed by atoms with E-state index in [1.807, 2.05) is 0 Å². The van der Waals surface area contributed by atoms with Crippen LogP contribution < -0.4 is 10.2 Å². The van der Waals surface area contributed by atoms with Crippen molar-refractivity contribution in [3.8, 4) is 5.75 Å². The van der Waals surface area contributed by atoms with E-state index in [0.29, 0.717) is 12.8 Å². The lowest BCUT2D eigenvalue weighted by Gasteiger charge is -2.31. The van der Waals surface area contributed by atoms with E-state index in [9.17, 15) is 26.4 Å². The number of hydrogen-bond acceptors (Lipinski definition) is 5. The number of hydrogen-bond donors (Lipinski definition) is 2. The molecular weight excluding hydrogens is 365 g/mol. The van der Waals surface area contributed by atoms with Crippen LogP contribution in [0.3, 0.4) is 0 Å². The van der Waals surface area contributed by atoms with Gasteiger partial charge in [-0.3, -0.25) is 10.0 Å². The Morgan fingerprint density at radius 1 is 1.24 bits per heavy atom. The number of ether oxygens (including phenoxy) is 1. The van der Waals surface area contributed by atoms with E-state index in [4.69, 9.17) is 9.94 Å². The molecule has 0 radical (unpaired) electrons. The lowest BCUT2D eigenvalue weighted by Crippen LogP contribution is -2.45. The maximum atomic E-state index is 12.5. The van der Waals surface area contributed by atoms with Crippen molar-refractivity contribution in [3.63, 3.8) is 0 Å². The van der Waals surface area contributed by atoms with Crippen molar-refractivity contribution in [1.29, 1.82) is 0 Å². The summed E-state index contributed by atoms with van der Waals surface area (Å²) in [7, 11) is -3.83. The molecule has 140 valence electrons. The van der Waals surface area contributed by atoms with E-state index in [-0.39, 0.29) is 24.9 Å². The fraction of sp³-hybridized carbons (Fsp3) is 0.500. The predicted octanol–water partition coefficient (Wildman–Crippen LogP) is 1.38. The molecule has 0 aliphatic carbocycles. The zero-order valence-corrected chi connectivity index (χ0v) is 13.8. The summed E-state index contributed by atoms with van der Waals surface area (Å²) in [5.41, 5.74) is 0.492. The third-order valence-corrected chi connectivity index (χ3v) is 5.50. The van der Waals surface area contributed by atoms with E-state index in [1.54, 1.807) is 0 Å². The second kappa shape index (κ2) is 7.58. The fourth-order valence-electron chi connectivity index (χ4n) is 2.43. The molecule has 1 aliphatic heterocycles. The van der Waals surface area contributed by atoms with Crippen LogP contribution in [0.5, 0.6) is 5.75 Å². The normalized spacial score (nSPS) is 17.3. The molecule has 0 saturated carbocycles. The topological polar surface area (TPSA) is 95.9 Å². The first kappa shape index (κ1) is 19.5. The molecule has 2 N–H and O–H groups in total. The van der Waals surface area contributed by atoms with E-state index in [0.717, 1.165) is 16.4 Å². The number of benzene rings is 1. The van der Waals surface area contributed by atoms with Crippen LogP contribution >= 0.6 is 0 Å². The molecule has 1 aliphatic rings. The molecule has 0 spiro atoms. The van der Waals surface area contributed by atoms with Crippen molar-refractivity contribution in [3.05, 3.63) is 29.8 Å². The highest BCUT2D eigenvalue weighted by molar-refractivity contribution is 7.89. The molecule has 0 unspecified atom stereocenters. The van der Waals surface area contributed by atoms with Gasteiger partial charge >= 0.3 is 6.18 Å². The van der Waals surface area contributed by atoms with Crippen LogP contribution in [0.2, 0.25) is 0 Å². The summed E-state index contributed by atoms with van der Waals surface area (Å²) in [6.45, 7) is 0.235. The van der Waals surface area contributed by atoms with Crippen LogP contribution in [-0.4, -0.2) is 48.8 Å². The number of piperidine rings is 1. The van der Waals surface area contributed by atoms with Crippen molar-refractivity contribution in [1.82, 2.24) is 9.79 Å². The van der Waals surface area contributed by atoms with Crippen molar-refractivity contribution < 1.29 is 36.3 Å². The van der Waals surface area contributed by atoms with Crippen molar-refractivity contribution in [2.75, 3.05) is 18.8 Å². The minimum atomic E-state index is -4.42. The Morgan fingerprint density at radius 2 is 1.80 bits per heavy atom. The molecule has 1 aromatic rings. The molecule has 0 atom stereocenters. The van der Waals surface area contributed by atoms with Gasteiger partial charge in [-0.25, -0.2) is 18.2 Å². The Balaban J connectivity index is 1.89. The van der Waals surface area contributed by atoms with E-state index < -0.39 is 33.4 Å². The summed E-state index contributed by atoms with van der Waals surface area (Å²) < 4.78 is 68.1. The summed E-state index contributed by atoms with van der Waals surface area (Å²) in [6.07, 6.45) is -4.09. The van der Waals surface area contributed by atoms with Gasteiger partial charge in [0, 0.05) is 13.1 Å². The van der Waals surface area contributed by atoms with Gasteiger partial charge in [0.1, 0.15) is 17.6 Å². The maximum absolute atomic E-state index is 12.5. The highest BCUT2D eigenvalue weighted by Crippen LogP contribution is 2.31. The summed E-state index contributed by atoms with van der Waals surface area (Å²) in [5, 5.41) is 8.40. The summed E-state index contributed by atoms with van der Waals surface area (Å²) in [6, 6.07) is 4.28. The quantitative estimate of drug-likeness (QED) is 0.593. The van der Waals surface area contributed by atoms with E-state index in [2.05, 4.69) is 0 Å². The first-order chi connectivity index (χ1) is 11.6. The summed E-state index contributed by atoms with van der Waals surface area (Å²) in [4.78, 5) is 11.0. The highest BCUT2D eigenvalue weighted by Gasteiger charge is 2.32. The number of amides is 1. The van der Waals surface area contributed by atoms with Crippen LogP contribution in [0, 0.1) is 0 Å². The van der Waals surface area contributed by atoms with Crippen molar-refractivity contribution in [2.45, 2.75) is 25.1 Å². The average molecular weight is 382 g/mol. The second-order valence-electron chi connectivity index (χ2n) is 5.53. The van der Waals surface area contributed by atoms with Gasteiger partial charge in [0.15, 0.2) is 0 Å². The summed E-state index contributed by atoms with van der Waals surface area (Å²) >= 11 is 0. The van der Waals surface area contributed by atoms with Gasteiger partial charge in [-0.2, -0.15) is 13.2 Å². The number of carbonyl (C=O) groups excluding carboxylic acids is 1. The number of sulfonamides is 1. The van der Waals surface area contributed by atoms with Crippen LogP contribution in [0.1, 0.15) is 18.4 Å². The largest absolute Gasteiger partial charge is 0.490 e. The zero-order chi connectivity index (χ0) is 18.7. The lowest BCUT2D eigenvalue weighted by molar-refractivity contribution is -0.137. The molecule has 1 amide bonds. The molecule has 0 aromatic heterocycles. The Morgan fingerprint density at radius 3 is 2.28 bits per heavy atom. The number of alkyl halides is 3. The maximum Gasteiger partial charge on any atom is 0.416 e. The summed E-state index contributed by atoms with van der Waals surface area (Å²) in [5.74, 6) is -1.61. The predicted molar refractivity (Wildman–Crippen MR) is 80.4 cm³/mol. The monoisotopic (exact) mass is 382 g/mol. The van der Waals surface area contributed by atoms with Crippen LogP contribution in [-0.2, 0) is 21.0 Å². The molecule has 7 nitrogen and oxygen atoms in total. The van der Waals surface area contributed by atoms with Crippen LogP contribution in [0.25, 0.3) is 0 Å². The number of rotatable bonds is 5. The van der Waals surface area contributed by atoms with Gasteiger partial charge in [-0.1, -0.05) is 0 Å². The fourth-order valence-corrected chi connectivity index (χ4v) is 3.78. The smallest absolute Gasteiger partial charge is 0.416 e. The molecule has 25 heavy (non-hydrogen) atoms. The number of halogens is 3. The van der Waals surface area contributed by atoms with Crippen molar-refractivity contribution in [2.24, 2.45) is 0 Å². The Bertz CT molecular complexity index is 698. The lowest BCUT2D eigenvalue weighted by atomic mass is 10.1. The molecule has 11 heteroatoms. The van der Waals surface area contributed by atoms with Gasteiger partial charge in [-0.15, -0.1) is 0 Å². The van der Waals surface area contributed by atoms with Gasteiger partial charge in [0.25, 0.3) is 5.91 Å². The van der Waals surface area contributed by atoms with Crippen LogP contribution in [0.15, 0.2) is 24.3 Å². The molecular formula is C14H17F3N2O5S. The van der Waals surface area contributed by atoms with Gasteiger partial charge in [0.05, 0.1) is 5.56 Å². The molecule has 0 bridgehead atoms. The third-order valence-electron chi connectivity index (χ3n) is 3.72. The van der Waals surface area contributed by atoms with Crippen LogP contribution in [0.4, 0.5) is 13.2 Å². The first-order valence-corrected chi connectivity index (χ1v) is 8.97. The minimum Gasteiger partial charge on any atom is -0.490 e. The first-order valence-electron chi connectivity index (χ1n) is 7.36. The van der Waals surface area contributed by atoms with Gasteiger partial charge in [-0.05, 0) is 37.1 Å². The molecule has 1 fully saturated rings. The van der Waals surface area contributed by atoms with Gasteiger partial charge in [0.2, 0.25) is 10.0 Å². The van der Waals surface area contributed by atoms with E-state index >= 15 is 0 Å². The van der Waals surface area contributed by atoms with Crippen molar-refractivity contribution >= 4 is 15.9 Å². The Kier molecular flexibility index (Phi) is 5.91. The number of nitrogens with one attached hydrogen (secondary N) is 1. The Hall–Kier alpha value is -1.85. The average Bonchev–Trinajstić information content (AvgIpc) is 2.54. The molecule has 1 heterocycles. The van der Waals surface area contributed by atoms with Gasteiger partial charge < -0.3 is 4.74 Å². The number of nitrogens with zero attached hydrogens (tertiary/aromatic N) is 1. The van der Waals surface area contributed by atoms with E-state index in [1.165, 1.54) is 17.6 Å². The number of carbonyl (C=O) groups is 1. The highest BCUT2D eigenvalue weighted by atomic mass is 32.2. The standard InChI is InChI=1S/C14H17F3N2O5S/c15-14(16,17)10-1-3-11(4-2-10)24-12-5-7-19(8-6-12)25(22,23)9-13(20)18-21/h1-4,12,21H,5-9H2,(H,18,20).